The Morgan fingerprint density at radius 3 is 2.39 bits per heavy atom. The van der Waals surface area contributed by atoms with E-state index in [4.69, 9.17) is 4.74 Å². The van der Waals surface area contributed by atoms with Crippen LogP contribution in [0.2, 0.25) is 0 Å². The van der Waals surface area contributed by atoms with Crippen LogP contribution in [0.25, 0.3) is 0 Å². The Morgan fingerprint density at radius 1 is 1.13 bits per heavy atom. The highest BCUT2D eigenvalue weighted by Gasteiger charge is 2.04. The first-order chi connectivity index (χ1) is 11.0. The predicted octanol–water partition coefficient (Wildman–Crippen LogP) is 0.478. The number of rotatable bonds is 9. The van der Waals surface area contributed by atoms with E-state index in [-0.39, 0.29) is 5.75 Å². The maximum Gasteiger partial charge on any atom is 0.211 e. The van der Waals surface area contributed by atoms with E-state index in [0.717, 1.165) is 5.75 Å². The number of nitrogens with zero attached hydrogens (tertiary/aromatic N) is 1. The van der Waals surface area contributed by atoms with Crippen molar-refractivity contribution in [2.75, 3.05) is 39.0 Å². The molecule has 0 unspecified atom stereocenters. The van der Waals surface area contributed by atoms with Gasteiger partial charge in [0.2, 0.25) is 10.0 Å². The minimum absolute atomic E-state index is 0.0797. The Morgan fingerprint density at radius 2 is 1.78 bits per heavy atom. The summed E-state index contributed by atoms with van der Waals surface area (Å²) in [7, 11) is -1.49. The van der Waals surface area contributed by atoms with Crippen molar-refractivity contribution in [1.29, 1.82) is 0 Å². The SMILES string of the molecule is CCS(=O)(=O)NCCNC(=NC)NCCOc1ccc(C)cc1. The van der Waals surface area contributed by atoms with Gasteiger partial charge in [0.1, 0.15) is 12.4 Å². The maximum atomic E-state index is 11.3. The minimum Gasteiger partial charge on any atom is -0.492 e. The number of aryl methyl sites for hydroxylation is 1. The number of ether oxygens (including phenoxy) is 1. The van der Waals surface area contributed by atoms with Gasteiger partial charge in [0.05, 0.1) is 12.3 Å². The third-order valence-corrected chi connectivity index (χ3v) is 4.43. The Labute approximate surface area is 138 Å². The first-order valence-corrected chi connectivity index (χ1v) is 9.23. The molecule has 0 bridgehead atoms. The van der Waals surface area contributed by atoms with Gasteiger partial charge in [-0.05, 0) is 26.0 Å². The molecule has 0 aliphatic rings. The summed E-state index contributed by atoms with van der Waals surface area (Å²) in [5.41, 5.74) is 1.19. The van der Waals surface area contributed by atoms with Gasteiger partial charge in [-0.15, -0.1) is 0 Å². The van der Waals surface area contributed by atoms with Crippen LogP contribution in [0.15, 0.2) is 29.3 Å². The van der Waals surface area contributed by atoms with Crippen molar-refractivity contribution in [3.63, 3.8) is 0 Å². The summed E-state index contributed by atoms with van der Waals surface area (Å²) in [5, 5.41) is 6.13. The van der Waals surface area contributed by atoms with Crippen LogP contribution in [-0.2, 0) is 10.0 Å². The molecule has 23 heavy (non-hydrogen) atoms. The standard InChI is InChI=1S/C15H26N4O3S/c1-4-23(20,21)19-10-9-17-15(16-3)18-11-12-22-14-7-5-13(2)6-8-14/h5-8,19H,4,9-12H2,1-3H3,(H2,16,17,18). The highest BCUT2D eigenvalue weighted by molar-refractivity contribution is 7.89. The molecule has 1 rings (SSSR count). The minimum atomic E-state index is -3.15. The van der Waals surface area contributed by atoms with Crippen LogP contribution in [-0.4, -0.2) is 53.4 Å². The quantitative estimate of drug-likeness (QED) is 0.345. The zero-order chi connectivity index (χ0) is 17.1. The summed E-state index contributed by atoms with van der Waals surface area (Å²) in [6.45, 7) is 5.50. The zero-order valence-corrected chi connectivity index (χ0v) is 14.7. The molecule has 0 atom stereocenters. The molecule has 1 aromatic rings. The Kier molecular flexibility index (Phi) is 8.42. The number of sulfonamides is 1. The average molecular weight is 342 g/mol. The Balaban J connectivity index is 2.18. The molecule has 0 heterocycles. The third kappa shape index (κ3) is 8.41. The molecular weight excluding hydrogens is 316 g/mol. The lowest BCUT2D eigenvalue weighted by Crippen LogP contribution is -2.42. The first kappa shape index (κ1) is 19.2. The van der Waals surface area contributed by atoms with Crippen molar-refractivity contribution in [3.05, 3.63) is 29.8 Å². The molecule has 3 N–H and O–H groups in total. The van der Waals surface area contributed by atoms with E-state index in [2.05, 4.69) is 20.3 Å². The summed E-state index contributed by atoms with van der Waals surface area (Å²) in [6, 6.07) is 7.87. The van der Waals surface area contributed by atoms with E-state index in [1.54, 1.807) is 14.0 Å². The number of nitrogens with one attached hydrogen (secondary N) is 3. The fourth-order valence-corrected chi connectivity index (χ4v) is 2.30. The van der Waals surface area contributed by atoms with E-state index in [0.29, 0.717) is 32.2 Å². The van der Waals surface area contributed by atoms with Crippen molar-refractivity contribution in [1.82, 2.24) is 15.4 Å². The fraction of sp³-hybridized carbons (Fsp3) is 0.533. The average Bonchev–Trinajstić information content (AvgIpc) is 2.55. The fourth-order valence-electron chi connectivity index (χ4n) is 1.68. The molecule has 0 saturated heterocycles. The number of aliphatic imine (C=N–C) groups is 1. The molecule has 0 radical (unpaired) electrons. The number of hydrogen-bond acceptors (Lipinski definition) is 4. The van der Waals surface area contributed by atoms with E-state index < -0.39 is 10.0 Å². The van der Waals surface area contributed by atoms with Crippen molar-refractivity contribution in [3.8, 4) is 5.75 Å². The van der Waals surface area contributed by atoms with Gasteiger partial charge in [-0.2, -0.15) is 0 Å². The molecule has 0 aliphatic heterocycles. The van der Waals surface area contributed by atoms with Crippen molar-refractivity contribution in [2.45, 2.75) is 13.8 Å². The lowest BCUT2D eigenvalue weighted by molar-refractivity contribution is 0.322. The molecule has 0 aliphatic carbocycles. The number of hydrogen-bond donors (Lipinski definition) is 3. The highest BCUT2D eigenvalue weighted by Crippen LogP contribution is 2.10. The lowest BCUT2D eigenvalue weighted by atomic mass is 10.2. The van der Waals surface area contributed by atoms with E-state index in [1.165, 1.54) is 5.56 Å². The van der Waals surface area contributed by atoms with Gasteiger partial charge in [0, 0.05) is 20.1 Å². The molecule has 7 nitrogen and oxygen atoms in total. The monoisotopic (exact) mass is 342 g/mol. The summed E-state index contributed by atoms with van der Waals surface area (Å²) < 4.78 is 30.6. The van der Waals surface area contributed by atoms with E-state index in [1.807, 2.05) is 31.2 Å². The summed E-state index contributed by atoms with van der Waals surface area (Å²) in [5.74, 6) is 1.51. The molecule has 0 saturated carbocycles. The van der Waals surface area contributed by atoms with Crippen LogP contribution >= 0.6 is 0 Å². The van der Waals surface area contributed by atoms with Crippen molar-refractivity contribution >= 4 is 16.0 Å². The normalized spacial score (nSPS) is 12.0. The number of benzene rings is 1. The summed E-state index contributed by atoms with van der Waals surface area (Å²) >= 11 is 0. The lowest BCUT2D eigenvalue weighted by Gasteiger charge is -2.13. The van der Waals surface area contributed by atoms with Crippen molar-refractivity contribution < 1.29 is 13.2 Å². The van der Waals surface area contributed by atoms with Gasteiger partial charge in [0.15, 0.2) is 5.96 Å². The van der Waals surface area contributed by atoms with Crippen LogP contribution in [0.4, 0.5) is 0 Å². The Hall–Kier alpha value is -1.80. The van der Waals surface area contributed by atoms with Crippen molar-refractivity contribution in [2.24, 2.45) is 4.99 Å². The van der Waals surface area contributed by atoms with Gasteiger partial charge >= 0.3 is 0 Å². The molecule has 0 fully saturated rings. The van der Waals surface area contributed by atoms with Crippen LogP contribution in [0, 0.1) is 6.92 Å². The zero-order valence-electron chi connectivity index (χ0n) is 13.9. The number of guanidine groups is 1. The molecule has 0 spiro atoms. The second kappa shape index (κ2) is 10.1. The molecule has 0 aromatic heterocycles. The highest BCUT2D eigenvalue weighted by atomic mass is 32.2. The molecular formula is C15H26N4O3S. The van der Waals surface area contributed by atoms with Gasteiger partial charge in [-0.1, -0.05) is 17.7 Å². The smallest absolute Gasteiger partial charge is 0.211 e. The molecule has 130 valence electrons. The van der Waals surface area contributed by atoms with E-state index >= 15 is 0 Å². The van der Waals surface area contributed by atoms with Gasteiger partial charge in [0.25, 0.3) is 0 Å². The predicted molar refractivity (Wildman–Crippen MR) is 93.5 cm³/mol. The van der Waals surface area contributed by atoms with E-state index in [9.17, 15) is 8.42 Å². The van der Waals surface area contributed by atoms with Crippen LogP contribution in [0.5, 0.6) is 5.75 Å². The molecule has 1 aromatic carbocycles. The second-order valence-electron chi connectivity index (χ2n) is 4.89. The maximum absolute atomic E-state index is 11.3. The van der Waals surface area contributed by atoms with Gasteiger partial charge in [-0.3, -0.25) is 4.99 Å². The van der Waals surface area contributed by atoms with Crippen LogP contribution < -0.4 is 20.1 Å². The third-order valence-electron chi connectivity index (χ3n) is 3.03. The molecule has 8 heteroatoms. The summed E-state index contributed by atoms with van der Waals surface area (Å²) in [4.78, 5) is 4.06. The van der Waals surface area contributed by atoms with Crippen LogP contribution in [0.1, 0.15) is 12.5 Å². The Bertz CT molecular complexity index is 585. The second-order valence-corrected chi connectivity index (χ2v) is 6.98. The van der Waals surface area contributed by atoms with Gasteiger partial charge in [-0.25, -0.2) is 13.1 Å². The largest absolute Gasteiger partial charge is 0.492 e. The summed E-state index contributed by atoms with van der Waals surface area (Å²) in [6.07, 6.45) is 0. The first-order valence-electron chi connectivity index (χ1n) is 7.58. The molecule has 0 amide bonds. The van der Waals surface area contributed by atoms with Gasteiger partial charge < -0.3 is 15.4 Å². The topological polar surface area (TPSA) is 91.8 Å². The van der Waals surface area contributed by atoms with Crippen LogP contribution in [0.3, 0.4) is 0 Å².